The Balaban J connectivity index is 2.28. The van der Waals surface area contributed by atoms with Crippen LogP contribution in [0.25, 0.3) is 16.6 Å². The Morgan fingerprint density at radius 2 is 1.86 bits per heavy atom. The molecule has 0 spiro atoms. The number of hydrogen-bond donors (Lipinski definition) is 1. The van der Waals surface area contributed by atoms with E-state index in [0.29, 0.717) is 41.3 Å². The first-order valence-electron chi connectivity index (χ1n) is 9.74. The fourth-order valence-corrected chi connectivity index (χ4v) is 3.21. The standard InChI is InChI=1S/C22H26N4O3/c1-5-23-22(28)25(4)15(3)20-24-17-12-8-7-11-16(17)21(27)26(20)18-13-9-10-14-19(18)29-6-2/h7-15H,5-6H2,1-4H3,(H,23,28). The van der Waals surface area contributed by atoms with Crippen molar-refractivity contribution >= 4 is 16.9 Å². The van der Waals surface area contributed by atoms with Crippen molar-refractivity contribution in [3.63, 3.8) is 0 Å². The molecular weight excluding hydrogens is 368 g/mol. The normalized spacial score (nSPS) is 11.9. The van der Waals surface area contributed by atoms with Gasteiger partial charge in [-0.3, -0.25) is 9.36 Å². The molecule has 2 amide bonds. The van der Waals surface area contributed by atoms with E-state index < -0.39 is 6.04 Å². The Kier molecular flexibility index (Phi) is 6.16. The van der Waals surface area contributed by atoms with Gasteiger partial charge in [0, 0.05) is 13.6 Å². The van der Waals surface area contributed by atoms with Crippen molar-refractivity contribution in [1.82, 2.24) is 19.8 Å². The fourth-order valence-electron chi connectivity index (χ4n) is 3.21. The maximum Gasteiger partial charge on any atom is 0.317 e. The molecule has 7 nitrogen and oxygen atoms in total. The van der Waals surface area contributed by atoms with Crippen molar-refractivity contribution in [3.05, 3.63) is 64.7 Å². The van der Waals surface area contributed by atoms with E-state index in [1.54, 1.807) is 28.6 Å². The highest BCUT2D eigenvalue weighted by Gasteiger charge is 2.25. The number of benzene rings is 2. The summed E-state index contributed by atoms with van der Waals surface area (Å²) in [6.07, 6.45) is 0. The molecule has 0 fully saturated rings. The topological polar surface area (TPSA) is 76.5 Å². The van der Waals surface area contributed by atoms with Crippen LogP contribution >= 0.6 is 0 Å². The quantitative estimate of drug-likeness (QED) is 0.694. The van der Waals surface area contributed by atoms with Gasteiger partial charge in [0.2, 0.25) is 0 Å². The minimum atomic E-state index is -0.450. The second-order valence-electron chi connectivity index (χ2n) is 6.65. The molecule has 0 aliphatic carbocycles. The van der Waals surface area contributed by atoms with Crippen LogP contribution in [-0.2, 0) is 0 Å². The highest BCUT2D eigenvalue weighted by atomic mass is 16.5. The molecule has 152 valence electrons. The minimum Gasteiger partial charge on any atom is -0.492 e. The number of hydrogen-bond acceptors (Lipinski definition) is 4. The molecule has 0 saturated carbocycles. The number of nitrogens with zero attached hydrogens (tertiary/aromatic N) is 3. The first kappa shape index (κ1) is 20.4. The Bertz CT molecular complexity index is 1080. The molecule has 1 heterocycles. The number of rotatable bonds is 6. The molecule has 1 N–H and O–H groups in total. The van der Waals surface area contributed by atoms with Crippen molar-refractivity contribution in [2.45, 2.75) is 26.8 Å². The van der Waals surface area contributed by atoms with Crippen LogP contribution < -0.4 is 15.6 Å². The lowest BCUT2D eigenvalue weighted by molar-refractivity contribution is 0.192. The maximum atomic E-state index is 13.5. The molecule has 1 aromatic heterocycles. The van der Waals surface area contributed by atoms with Gasteiger partial charge in [-0.15, -0.1) is 0 Å². The number of para-hydroxylation sites is 3. The molecule has 0 bridgehead atoms. The molecule has 2 aromatic carbocycles. The number of ether oxygens (including phenoxy) is 1. The van der Waals surface area contributed by atoms with Gasteiger partial charge >= 0.3 is 6.03 Å². The van der Waals surface area contributed by atoms with E-state index in [-0.39, 0.29) is 11.6 Å². The SMILES string of the molecule is CCNC(=O)N(C)C(C)c1nc2ccccc2c(=O)n1-c1ccccc1OCC. The summed E-state index contributed by atoms with van der Waals surface area (Å²) in [5, 5.41) is 3.30. The zero-order valence-electron chi connectivity index (χ0n) is 17.2. The van der Waals surface area contributed by atoms with Crippen molar-refractivity contribution in [1.29, 1.82) is 0 Å². The average molecular weight is 394 g/mol. The summed E-state index contributed by atoms with van der Waals surface area (Å²) < 4.78 is 7.31. The monoisotopic (exact) mass is 394 g/mol. The molecule has 7 heteroatoms. The summed E-state index contributed by atoms with van der Waals surface area (Å²) in [4.78, 5) is 32.2. The van der Waals surface area contributed by atoms with E-state index in [1.165, 1.54) is 0 Å². The Morgan fingerprint density at radius 1 is 1.17 bits per heavy atom. The maximum absolute atomic E-state index is 13.5. The van der Waals surface area contributed by atoms with E-state index in [0.717, 1.165) is 0 Å². The summed E-state index contributed by atoms with van der Waals surface area (Å²) in [5.41, 5.74) is 0.992. The number of aromatic nitrogens is 2. The third-order valence-corrected chi connectivity index (χ3v) is 4.81. The summed E-state index contributed by atoms with van der Waals surface area (Å²) in [5.74, 6) is 1.05. The van der Waals surface area contributed by atoms with Crippen LogP contribution in [0.4, 0.5) is 4.79 Å². The van der Waals surface area contributed by atoms with Gasteiger partial charge in [0.1, 0.15) is 11.6 Å². The minimum absolute atomic E-state index is 0.200. The van der Waals surface area contributed by atoms with E-state index in [2.05, 4.69) is 5.32 Å². The summed E-state index contributed by atoms with van der Waals surface area (Å²) in [6, 6.07) is 13.9. The number of carbonyl (C=O) groups is 1. The fraction of sp³-hybridized carbons (Fsp3) is 0.318. The van der Waals surface area contributed by atoms with E-state index in [1.807, 2.05) is 57.2 Å². The van der Waals surface area contributed by atoms with E-state index >= 15 is 0 Å². The number of urea groups is 1. The van der Waals surface area contributed by atoms with Gasteiger partial charge in [0.15, 0.2) is 0 Å². The summed E-state index contributed by atoms with van der Waals surface area (Å²) >= 11 is 0. The lowest BCUT2D eigenvalue weighted by Gasteiger charge is -2.27. The third-order valence-electron chi connectivity index (χ3n) is 4.81. The zero-order valence-corrected chi connectivity index (χ0v) is 17.2. The first-order valence-corrected chi connectivity index (χ1v) is 9.74. The van der Waals surface area contributed by atoms with Crippen molar-refractivity contribution in [3.8, 4) is 11.4 Å². The molecule has 0 radical (unpaired) electrons. The summed E-state index contributed by atoms with van der Waals surface area (Å²) in [6.45, 7) is 6.59. The van der Waals surface area contributed by atoms with Crippen LogP contribution in [0, 0.1) is 0 Å². The number of carbonyl (C=O) groups excluding carboxylic acids is 1. The molecule has 29 heavy (non-hydrogen) atoms. The molecule has 0 aliphatic heterocycles. The van der Waals surface area contributed by atoms with E-state index in [4.69, 9.17) is 9.72 Å². The molecule has 3 aromatic rings. The molecule has 1 unspecified atom stereocenters. The largest absolute Gasteiger partial charge is 0.492 e. The van der Waals surface area contributed by atoms with Gasteiger partial charge in [-0.2, -0.15) is 0 Å². The van der Waals surface area contributed by atoms with Gasteiger partial charge in [0.05, 0.1) is 29.2 Å². The number of amides is 2. The molecular formula is C22H26N4O3. The predicted octanol–water partition coefficient (Wildman–Crippen LogP) is 3.51. The van der Waals surface area contributed by atoms with Gasteiger partial charge in [-0.25, -0.2) is 9.78 Å². The smallest absolute Gasteiger partial charge is 0.317 e. The number of nitrogens with one attached hydrogen (secondary N) is 1. The predicted molar refractivity (Wildman–Crippen MR) is 114 cm³/mol. The average Bonchev–Trinajstić information content (AvgIpc) is 2.73. The van der Waals surface area contributed by atoms with Crippen molar-refractivity contribution in [2.24, 2.45) is 0 Å². The van der Waals surface area contributed by atoms with Crippen molar-refractivity contribution < 1.29 is 9.53 Å². The van der Waals surface area contributed by atoms with E-state index in [9.17, 15) is 9.59 Å². The lowest BCUT2D eigenvalue weighted by atomic mass is 10.2. The van der Waals surface area contributed by atoms with Crippen molar-refractivity contribution in [2.75, 3.05) is 20.2 Å². The highest BCUT2D eigenvalue weighted by Crippen LogP contribution is 2.27. The lowest BCUT2D eigenvalue weighted by Crippen LogP contribution is -2.40. The van der Waals surface area contributed by atoms with Gasteiger partial charge in [-0.1, -0.05) is 24.3 Å². The Morgan fingerprint density at radius 3 is 2.59 bits per heavy atom. The number of fused-ring (bicyclic) bond motifs is 1. The van der Waals surface area contributed by atoms with Crippen LogP contribution in [0.3, 0.4) is 0 Å². The second-order valence-corrected chi connectivity index (χ2v) is 6.65. The third kappa shape index (κ3) is 3.94. The second kappa shape index (κ2) is 8.77. The molecule has 0 aliphatic rings. The molecule has 0 saturated heterocycles. The van der Waals surface area contributed by atoms with Crippen LogP contribution in [0.2, 0.25) is 0 Å². The van der Waals surface area contributed by atoms with Gasteiger partial charge < -0.3 is 15.0 Å². The summed E-state index contributed by atoms with van der Waals surface area (Å²) in [7, 11) is 1.69. The van der Waals surface area contributed by atoms with Gasteiger partial charge in [-0.05, 0) is 45.0 Å². The Labute approximate surface area is 169 Å². The van der Waals surface area contributed by atoms with Gasteiger partial charge in [0.25, 0.3) is 5.56 Å². The van der Waals surface area contributed by atoms with Crippen LogP contribution in [0.15, 0.2) is 53.3 Å². The Hall–Kier alpha value is -3.35. The zero-order chi connectivity index (χ0) is 21.0. The first-order chi connectivity index (χ1) is 14.0. The molecule has 3 rings (SSSR count). The molecule has 1 atom stereocenters. The van der Waals surface area contributed by atoms with Crippen LogP contribution in [0.5, 0.6) is 5.75 Å². The van der Waals surface area contributed by atoms with Crippen LogP contribution in [0.1, 0.15) is 32.6 Å². The van der Waals surface area contributed by atoms with Crippen LogP contribution in [-0.4, -0.2) is 40.7 Å². The highest BCUT2D eigenvalue weighted by molar-refractivity contribution is 5.78.